The molecule has 1 heterocycles. The van der Waals surface area contributed by atoms with Gasteiger partial charge in [0.1, 0.15) is 16.5 Å². The van der Waals surface area contributed by atoms with Gasteiger partial charge in [-0.05, 0) is 25.7 Å². The Morgan fingerprint density at radius 1 is 1.50 bits per heavy atom. The fourth-order valence-electron chi connectivity index (χ4n) is 3.11. The van der Waals surface area contributed by atoms with Crippen LogP contribution < -0.4 is 0 Å². The van der Waals surface area contributed by atoms with Gasteiger partial charge < -0.3 is 9.84 Å². The van der Waals surface area contributed by atoms with Crippen LogP contribution >= 0.6 is 11.3 Å². The van der Waals surface area contributed by atoms with Crippen molar-refractivity contribution in [1.82, 2.24) is 4.98 Å². The Kier molecular flexibility index (Phi) is 2.90. The molecule has 0 spiro atoms. The van der Waals surface area contributed by atoms with Crippen LogP contribution in [0.5, 0.6) is 0 Å². The lowest BCUT2D eigenvalue weighted by Gasteiger charge is -2.24. The molecule has 0 saturated heterocycles. The maximum Gasteiger partial charge on any atom is 0.312 e. The van der Waals surface area contributed by atoms with Crippen molar-refractivity contribution in [2.24, 2.45) is 0 Å². The average Bonchev–Trinajstić information content (AvgIpc) is 3.03. The molecule has 18 heavy (non-hydrogen) atoms. The van der Waals surface area contributed by atoms with Crippen LogP contribution in [-0.2, 0) is 21.6 Å². The zero-order valence-corrected chi connectivity index (χ0v) is 11.3. The van der Waals surface area contributed by atoms with Crippen LogP contribution in [0.1, 0.15) is 53.6 Å². The van der Waals surface area contributed by atoms with E-state index in [4.69, 9.17) is 4.74 Å². The summed E-state index contributed by atoms with van der Waals surface area (Å²) in [4.78, 5) is 17.0. The second kappa shape index (κ2) is 4.31. The van der Waals surface area contributed by atoms with E-state index in [1.165, 1.54) is 12.8 Å². The number of carboxylic acids is 1. The third-order valence-electron chi connectivity index (χ3n) is 4.21. The zero-order valence-electron chi connectivity index (χ0n) is 10.4. The van der Waals surface area contributed by atoms with E-state index in [9.17, 15) is 9.90 Å². The zero-order chi connectivity index (χ0) is 12.8. The minimum atomic E-state index is -0.747. The van der Waals surface area contributed by atoms with Crippen LogP contribution in [-0.4, -0.2) is 23.2 Å². The van der Waals surface area contributed by atoms with Crippen molar-refractivity contribution in [2.75, 3.05) is 7.11 Å². The van der Waals surface area contributed by atoms with E-state index < -0.39 is 11.9 Å². The molecule has 1 unspecified atom stereocenters. The molecule has 3 rings (SSSR count). The van der Waals surface area contributed by atoms with E-state index in [1.807, 2.05) is 0 Å². The van der Waals surface area contributed by atoms with Crippen LogP contribution in [0, 0.1) is 0 Å². The number of ether oxygens (including phenoxy) is 1. The van der Waals surface area contributed by atoms with Gasteiger partial charge in [-0.1, -0.05) is 12.8 Å². The second-order valence-electron chi connectivity index (χ2n) is 5.16. The fourth-order valence-corrected chi connectivity index (χ4v) is 4.48. The van der Waals surface area contributed by atoms with Crippen molar-refractivity contribution in [1.29, 1.82) is 0 Å². The molecule has 1 N–H and O–H groups in total. The summed E-state index contributed by atoms with van der Waals surface area (Å²) in [6, 6.07) is 0. The number of nitrogens with zero attached hydrogens (tertiary/aromatic N) is 1. The van der Waals surface area contributed by atoms with Gasteiger partial charge in [0.25, 0.3) is 0 Å². The molecular weight excluding hydrogens is 250 g/mol. The molecule has 5 heteroatoms. The number of aryl methyl sites for hydroxylation is 1. The fraction of sp³-hybridized carbons (Fsp3) is 0.692. The van der Waals surface area contributed by atoms with Crippen molar-refractivity contribution in [3.63, 3.8) is 0 Å². The third kappa shape index (κ3) is 1.68. The molecule has 1 saturated carbocycles. The SMILES string of the molecule is COC1(c2nc3c(s2)CCC3C(=O)O)CCCC1. The van der Waals surface area contributed by atoms with E-state index in [0.29, 0.717) is 6.42 Å². The van der Waals surface area contributed by atoms with Crippen molar-refractivity contribution >= 4 is 17.3 Å². The maximum absolute atomic E-state index is 11.2. The van der Waals surface area contributed by atoms with E-state index in [2.05, 4.69) is 4.98 Å². The second-order valence-corrected chi connectivity index (χ2v) is 6.25. The Morgan fingerprint density at radius 2 is 2.22 bits per heavy atom. The number of hydrogen-bond acceptors (Lipinski definition) is 4. The van der Waals surface area contributed by atoms with Crippen molar-refractivity contribution in [2.45, 2.75) is 50.0 Å². The largest absolute Gasteiger partial charge is 0.481 e. The molecule has 4 nitrogen and oxygen atoms in total. The number of carbonyl (C=O) groups is 1. The summed E-state index contributed by atoms with van der Waals surface area (Å²) in [5, 5.41) is 10.2. The predicted octanol–water partition coefficient (Wildman–Crippen LogP) is 2.67. The number of methoxy groups -OCH3 is 1. The third-order valence-corrected chi connectivity index (χ3v) is 5.52. The molecule has 0 amide bonds. The first-order chi connectivity index (χ1) is 8.66. The Hall–Kier alpha value is -0.940. The first-order valence-corrected chi connectivity index (χ1v) is 7.26. The standard InChI is InChI=1S/C13H17NO3S/c1-17-13(6-2-3-7-13)12-14-10-8(11(15)16)4-5-9(10)18-12/h8H,2-7H2,1H3,(H,15,16). The van der Waals surface area contributed by atoms with Gasteiger partial charge in [-0.2, -0.15) is 0 Å². The van der Waals surface area contributed by atoms with Gasteiger partial charge in [0.15, 0.2) is 0 Å². The predicted molar refractivity (Wildman–Crippen MR) is 68.0 cm³/mol. The molecule has 1 fully saturated rings. The van der Waals surface area contributed by atoms with Gasteiger partial charge in [0.05, 0.1) is 5.69 Å². The first-order valence-electron chi connectivity index (χ1n) is 6.44. The monoisotopic (exact) mass is 267 g/mol. The molecule has 1 aromatic heterocycles. The molecule has 1 aromatic rings. The van der Waals surface area contributed by atoms with E-state index in [-0.39, 0.29) is 5.60 Å². The number of aliphatic carboxylic acids is 1. The van der Waals surface area contributed by atoms with Gasteiger partial charge in [-0.25, -0.2) is 4.98 Å². The lowest BCUT2D eigenvalue weighted by molar-refractivity contribution is -0.138. The highest BCUT2D eigenvalue weighted by Gasteiger charge is 2.41. The van der Waals surface area contributed by atoms with Crippen molar-refractivity contribution < 1.29 is 14.6 Å². The summed E-state index contributed by atoms with van der Waals surface area (Å²) in [7, 11) is 1.74. The Balaban J connectivity index is 1.96. The van der Waals surface area contributed by atoms with Crippen LogP contribution in [0.2, 0.25) is 0 Å². The number of aromatic nitrogens is 1. The number of hydrogen-bond donors (Lipinski definition) is 1. The van der Waals surface area contributed by atoms with E-state index in [0.717, 1.165) is 34.8 Å². The highest BCUT2D eigenvalue weighted by Crippen LogP contribution is 2.46. The quantitative estimate of drug-likeness (QED) is 0.914. The number of fused-ring (bicyclic) bond motifs is 1. The Labute approximate surface area is 110 Å². The summed E-state index contributed by atoms with van der Waals surface area (Å²) in [6.07, 6.45) is 5.90. The van der Waals surface area contributed by atoms with Crippen LogP contribution in [0.25, 0.3) is 0 Å². The Morgan fingerprint density at radius 3 is 2.83 bits per heavy atom. The number of carboxylic acid groups (broad SMARTS) is 1. The summed E-state index contributed by atoms with van der Waals surface area (Å²) in [5.41, 5.74) is 0.559. The lowest BCUT2D eigenvalue weighted by atomic mass is 10.0. The van der Waals surface area contributed by atoms with Gasteiger partial charge in [-0.3, -0.25) is 4.79 Å². The van der Waals surface area contributed by atoms with Crippen LogP contribution in [0.15, 0.2) is 0 Å². The summed E-state index contributed by atoms with van der Waals surface area (Å²) >= 11 is 1.66. The number of thiazole rings is 1. The van der Waals surface area contributed by atoms with E-state index in [1.54, 1.807) is 18.4 Å². The van der Waals surface area contributed by atoms with Gasteiger partial charge >= 0.3 is 5.97 Å². The Bertz CT molecular complexity index is 477. The van der Waals surface area contributed by atoms with Crippen LogP contribution in [0.4, 0.5) is 0 Å². The first kappa shape index (κ1) is 12.1. The normalized spacial score (nSPS) is 25.3. The molecule has 0 aliphatic heterocycles. The molecule has 98 valence electrons. The molecule has 0 radical (unpaired) electrons. The summed E-state index contributed by atoms with van der Waals surface area (Å²) < 4.78 is 5.72. The molecule has 2 aliphatic carbocycles. The minimum Gasteiger partial charge on any atom is -0.481 e. The van der Waals surface area contributed by atoms with E-state index >= 15 is 0 Å². The van der Waals surface area contributed by atoms with Crippen molar-refractivity contribution in [3.05, 3.63) is 15.6 Å². The van der Waals surface area contributed by atoms with Crippen LogP contribution in [0.3, 0.4) is 0 Å². The molecule has 0 bridgehead atoms. The molecular formula is C13H17NO3S. The number of rotatable bonds is 3. The van der Waals surface area contributed by atoms with Gasteiger partial charge in [0.2, 0.25) is 0 Å². The molecule has 0 aromatic carbocycles. The smallest absolute Gasteiger partial charge is 0.312 e. The molecule has 1 atom stereocenters. The minimum absolute atomic E-state index is 0.238. The van der Waals surface area contributed by atoms with Gasteiger partial charge in [0, 0.05) is 12.0 Å². The van der Waals surface area contributed by atoms with Gasteiger partial charge in [-0.15, -0.1) is 11.3 Å². The topological polar surface area (TPSA) is 59.4 Å². The summed E-state index contributed by atoms with van der Waals surface area (Å²) in [5.74, 6) is -1.15. The highest BCUT2D eigenvalue weighted by molar-refractivity contribution is 7.12. The van der Waals surface area contributed by atoms with Crippen molar-refractivity contribution in [3.8, 4) is 0 Å². The maximum atomic E-state index is 11.2. The lowest BCUT2D eigenvalue weighted by Crippen LogP contribution is -2.24. The molecule has 2 aliphatic rings. The average molecular weight is 267 g/mol. The highest BCUT2D eigenvalue weighted by atomic mass is 32.1. The summed E-state index contributed by atoms with van der Waals surface area (Å²) in [6.45, 7) is 0.